The molecule has 2 aliphatic heterocycles. The highest BCUT2D eigenvalue weighted by Crippen LogP contribution is 2.33. The van der Waals surface area contributed by atoms with Crippen LogP contribution in [0.1, 0.15) is 138 Å². The van der Waals surface area contributed by atoms with Crippen LogP contribution in [0.4, 0.5) is 0 Å². The summed E-state index contributed by atoms with van der Waals surface area (Å²) in [4.78, 5) is 0. The Labute approximate surface area is 318 Å². The number of hydrogen-bond donors (Lipinski definition) is 0. The van der Waals surface area contributed by atoms with Gasteiger partial charge >= 0.3 is 0 Å². The van der Waals surface area contributed by atoms with Crippen molar-refractivity contribution in [1.29, 1.82) is 0 Å². The molecule has 0 spiro atoms. The van der Waals surface area contributed by atoms with E-state index in [-0.39, 0.29) is 12.7 Å². The molecule has 11 heteroatoms. The molecule has 0 aromatic rings. The van der Waals surface area contributed by atoms with Gasteiger partial charge in [0.05, 0.1) is 13.2 Å². The number of methoxy groups -OCH3 is 1. The second-order valence-corrected chi connectivity index (χ2v) is 14.2. The van der Waals surface area contributed by atoms with Crippen molar-refractivity contribution in [2.45, 2.75) is 200 Å². The zero-order chi connectivity index (χ0) is 37.8. The van der Waals surface area contributed by atoms with Crippen molar-refractivity contribution in [3.63, 3.8) is 0 Å². The molecule has 0 saturated carbocycles. The van der Waals surface area contributed by atoms with Crippen LogP contribution >= 0.6 is 0 Å². The lowest BCUT2D eigenvalue weighted by Gasteiger charge is -2.48. The zero-order valence-electron chi connectivity index (χ0n) is 34.5. The van der Waals surface area contributed by atoms with Gasteiger partial charge in [0.25, 0.3) is 0 Å². The van der Waals surface area contributed by atoms with Crippen molar-refractivity contribution < 1.29 is 52.1 Å². The molecule has 11 nitrogen and oxygen atoms in total. The number of hydrogen-bond acceptors (Lipinski definition) is 11. The van der Waals surface area contributed by atoms with Crippen LogP contribution in [0.3, 0.4) is 0 Å². The molecule has 0 amide bonds. The fourth-order valence-corrected chi connectivity index (χ4v) is 6.30. The van der Waals surface area contributed by atoms with Crippen LogP contribution in [-0.2, 0) is 52.1 Å². The topological polar surface area (TPSA) is 102 Å². The molecule has 2 saturated heterocycles. The summed E-state index contributed by atoms with van der Waals surface area (Å²) in [7, 11) is 1.65. The summed E-state index contributed by atoms with van der Waals surface area (Å²) in [6, 6.07) is 0. The van der Waals surface area contributed by atoms with Crippen LogP contribution in [0.5, 0.6) is 0 Å². The van der Waals surface area contributed by atoms with Crippen molar-refractivity contribution in [1.82, 2.24) is 0 Å². The maximum absolute atomic E-state index is 6.80. The third kappa shape index (κ3) is 17.1. The van der Waals surface area contributed by atoms with E-state index >= 15 is 0 Å². The SMILES string of the molecule is CCCCOCC1O[C@H](OCC2O[C@H](OC)C(OCCCC)C(OCCCC)[C@@H]2OCCCC)C(OCCCC)[C@@H](OCCCC)[C@H]1OCCCC. The van der Waals surface area contributed by atoms with E-state index in [2.05, 4.69) is 48.5 Å². The number of ether oxygens (including phenoxy) is 11. The van der Waals surface area contributed by atoms with Gasteiger partial charge in [0.1, 0.15) is 48.8 Å². The molecular formula is C41H80O11. The van der Waals surface area contributed by atoms with Gasteiger partial charge in [-0.3, -0.25) is 0 Å². The predicted octanol–water partition coefficient (Wildman–Crippen LogP) is 8.03. The van der Waals surface area contributed by atoms with Gasteiger partial charge in [-0.05, 0) is 44.9 Å². The molecule has 2 aliphatic rings. The second-order valence-electron chi connectivity index (χ2n) is 14.2. The van der Waals surface area contributed by atoms with E-state index < -0.39 is 55.3 Å². The van der Waals surface area contributed by atoms with Crippen LogP contribution in [0.15, 0.2) is 0 Å². The monoisotopic (exact) mass is 749 g/mol. The minimum absolute atomic E-state index is 0.177. The van der Waals surface area contributed by atoms with Crippen molar-refractivity contribution in [2.24, 2.45) is 0 Å². The fraction of sp³-hybridized carbons (Fsp3) is 1.00. The molecule has 0 radical (unpaired) electrons. The van der Waals surface area contributed by atoms with E-state index in [1.165, 1.54) is 0 Å². The molecule has 310 valence electrons. The van der Waals surface area contributed by atoms with Gasteiger partial charge in [0.15, 0.2) is 12.6 Å². The van der Waals surface area contributed by atoms with Gasteiger partial charge in [-0.1, -0.05) is 93.4 Å². The van der Waals surface area contributed by atoms with Gasteiger partial charge in [-0.15, -0.1) is 0 Å². The maximum Gasteiger partial charge on any atom is 0.187 e. The van der Waals surface area contributed by atoms with E-state index in [9.17, 15) is 0 Å². The lowest BCUT2D eigenvalue weighted by atomic mass is 9.97. The molecule has 2 rings (SSSR count). The second kappa shape index (κ2) is 30.7. The first-order valence-corrected chi connectivity index (χ1v) is 21.3. The molecule has 2 heterocycles. The lowest BCUT2D eigenvalue weighted by Crippen LogP contribution is -2.64. The summed E-state index contributed by atoms with van der Waals surface area (Å²) in [6.07, 6.45) is 9.00. The Morgan fingerprint density at radius 1 is 0.346 bits per heavy atom. The third-order valence-electron chi connectivity index (χ3n) is 9.61. The van der Waals surface area contributed by atoms with Crippen molar-refractivity contribution in [3.8, 4) is 0 Å². The molecule has 52 heavy (non-hydrogen) atoms. The molecule has 0 aromatic carbocycles. The molecule has 2 fully saturated rings. The van der Waals surface area contributed by atoms with Crippen LogP contribution in [0, 0.1) is 0 Å². The summed E-state index contributed by atoms with van der Waals surface area (Å²) < 4.78 is 71.8. The zero-order valence-corrected chi connectivity index (χ0v) is 34.5. The van der Waals surface area contributed by atoms with Crippen LogP contribution in [-0.4, -0.2) is 128 Å². The molecule has 0 bridgehead atoms. The average Bonchev–Trinajstić information content (AvgIpc) is 3.15. The Morgan fingerprint density at radius 3 is 1.08 bits per heavy atom. The molecule has 5 unspecified atom stereocenters. The van der Waals surface area contributed by atoms with Gasteiger partial charge in [-0.25, -0.2) is 0 Å². The van der Waals surface area contributed by atoms with Gasteiger partial charge in [-0.2, -0.15) is 0 Å². The van der Waals surface area contributed by atoms with E-state index in [1.807, 2.05) is 0 Å². The number of unbranched alkanes of at least 4 members (excludes halogenated alkanes) is 7. The smallest absolute Gasteiger partial charge is 0.187 e. The summed E-state index contributed by atoms with van der Waals surface area (Å²) in [5.74, 6) is 0. The Kier molecular flexibility index (Phi) is 28.2. The largest absolute Gasteiger partial charge is 0.379 e. The Hall–Kier alpha value is -0.440. The first-order valence-electron chi connectivity index (χ1n) is 21.3. The van der Waals surface area contributed by atoms with E-state index in [4.69, 9.17) is 52.1 Å². The quantitative estimate of drug-likeness (QED) is 0.0610. The lowest BCUT2D eigenvalue weighted by molar-refractivity contribution is -0.347. The average molecular weight is 749 g/mol. The van der Waals surface area contributed by atoms with Gasteiger partial charge in [0, 0.05) is 53.4 Å². The van der Waals surface area contributed by atoms with Crippen LogP contribution in [0.25, 0.3) is 0 Å². The summed E-state index contributed by atoms with van der Waals surface area (Å²) in [6.45, 7) is 19.9. The summed E-state index contributed by atoms with van der Waals surface area (Å²) >= 11 is 0. The first-order chi connectivity index (χ1) is 25.5. The van der Waals surface area contributed by atoms with Crippen molar-refractivity contribution >= 4 is 0 Å². The summed E-state index contributed by atoms with van der Waals surface area (Å²) in [5.41, 5.74) is 0. The van der Waals surface area contributed by atoms with Crippen LogP contribution in [0.2, 0.25) is 0 Å². The van der Waals surface area contributed by atoms with Crippen molar-refractivity contribution in [3.05, 3.63) is 0 Å². The fourth-order valence-electron chi connectivity index (χ4n) is 6.30. The highest BCUT2D eigenvalue weighted by Gasteiger charge is 2.52. The highest BCUT2D eigenvalue weighted by atomic mass is 16.7. The third-order valence-corrected chi connectivity index (χ3v) is 9.61. The van der Waals surface area contributed by atoms with E-state index in [0.29, 0.717) is 52.9 Å². The molecule has 10 atom stereocenters. The molecule has 0 aliphatic carbocycles. The first kappa shape index (κ1) is 47.7. The standard InChI is InChI=1S/C41H80O11/c1-9-16-23-43-30-32-34(44-24-17-10-2)37(47-27-20-13-5)39(49-29-22-15-7)41(52-32)50-31-33-35(45-25-18-11-3)36(46-26-19-12-4)38(40(42-8)51-33)48-28-21-14-6/h32-41H,9-31H2,1-8H3/t32?,33?,34-,35+,36?,37-,38?,39?,40-,41-/m0/s1. The number of rotatable bonds is 33. The molecular weight excluding hydrogens is 668 g/mol. The van der Waals surface area contributed by atoms with E-state index in [0.717, 1.165) is 89.9 Å². The Bertz CT molecular complexity index is 807. The Balaban J connectivity index is 2.45. The highest BCUT2D eigenvalue weighted by molar-refractivity contribution is 4.96. The molecule has 0 aromatic heterocycles. The van der Waals surface area contributed by atoms with Gasteiger partial charge in [0.2, 0.25) is 0 Å². The predicted molar refractivity (Wildman–Crippen MR) is 204 cm³/mol. The van der Waals surface area contributed by atoms with Crippen molar-refractivity contribution in [2.75, 3.05) is 66.6 Å². The maximum atomic E-state index is 6.80. The summed E-state index contributed by atoms with van der Waals surface area (Å²) in [5, 5.41) is 0. The Morgan fingerprint density at radius 2 is 0.673 bits per heavy atom. The van der Waals surface area contributed by atoms with Crippen LogP contribution < -0.4 is 0 Å². The normalized spacial score (nSPS) is 29.5. The molecule has 0 N–H and O–H groups in total. The van der Waals surface area contributed by atoms with E-state index in [1.54, 1.807) is 7.11 Å². The minimum atomic E-state index is -0.742. The van der Waals surface area contributed by atoms with Gasteiger partial charge < -0.3 is 52.1 Å². The minimum Gasteiger partial charge on any atom is -0.379 e.